The Morgan fingerprint density at radius 1 is 1.23 bits per heavy atom. The fourth-order valence-electron chi connectivity index (χ4n) is 1.17. The van der Waals surface area contributed by atoms with E-state index in [1.54, 1.807) is 0 Å². The SMILES string of the molecule is CC(C)(C)c1cc(F)cc(CO)c1. The Balaban J connectivity index is 3.16. The third-order valence-corrected chi connectivity index (χ3v) is 2.01. The first-order chi connectivity index (χ1) is 5.93. The van der Waals surface area contributed by atoms with Gasteiger partial charge in [0.05, 0.1) is 6.61 Å². The number of halogens is 1. The number of hydrogen-bond donors (Lipinski definition) is 1. The Labute approximate surface area is 78.2 Å². The van der Waals surface area contributed by atoms with Crippen LogP contribution in [0.15, 0.2) is 18.2 Å². The van der Waals surface area contributed by atoms with Crippen LogP contribution in [0.3, 0.4) is 0 Å². The smallest absolute Gasteiger partial charge is 0.123 e. The molecule has 0 aromatic heterocycles. The first-order valence-electron chi connectivity index (χ1n) is 4.34. The second-order valence-electron chi connectivity index (χ2n) is 4.26. The van der Waals surface area contributed by atoms with Gasteiger partial charge in [-0.25, -0.2) is 4.39 Å². The fraction of sp³-hybridized carbons (Fsp3) is 0.455. The minimum atomic E-state index is -0.281. The molecular weight excluding hydrogens is 167 g/mol. The van der Waals surface area contributed by atoms with Crippen LogP contribution in [0.25, 0.3) is 0 Å². The zero-order valence-corrected chi connectivity index (χ0v) is 8.26. The largest absolute Gasteiger partial charge is 0.392 e. The summed E-state index contributed by atoms with van der Waals surface area (Å²) in [5.74, 6) is -0.281. The van der Waals surface area contributed by atoms with Crippen molar-refractivity contribution in [3.8, 4) is 0 Å². The van der Waals surface area contributed by atoms with Crippen molar-refractivity contribution >= 4 is 0 Å². The second-order valence-corrected chi connectivity index (χ2v) is 4.26. The van der Waals surface area contributed by atoms with E-state index in [1.807, 2.05) is 26.8 Å². The lowest BCUT2D eigenvalue weighted by Gasteiger charge is -2.19. The number of benzene rings is 1. The summed E-state index contributed by atoms with van der Waals surface area (Å²) in [6.07, 6.45) is 0. The van der Waals surface area contributed by atoms with Gasteiger partial charge in [-0.2, -0.15) is 0 Å². The Kier molecular flexibility index (Phi) is 2.71. The minimum absolute atomic E-state index is 0.0774. The average molecular weight is 182 g/mol. The van der Waals surface area contributed by atoms with E-state index >= 15 is 0 Å². The van der Waals surface area contributed by atoms with Crippen LogP contribution in [0, 0.1) is 5.82 Å². The van der Waals surface area contributed by atoms with E-state index in [0.29, 0.717) is 5.56 Å². The van der Waals surface area contributed by atoms with Gasteiger partial charge in [-0.05, 0) is 28.7 Å². The summed E-state index contributed by atoms with van der Waals surface area (Å²) in [5.41, 5.74) is 1.47. The van der Waals surface area contributed by atoms with Crippen LogP contribution >= 0.6 is 0 Å². The van der Waals surface area contributed by atoms with Gasteiger partial charge in [0.2, 0.25) is 0 Å². The highest BCUT2D eigenvalue weighted by Gasteiger charge is 2.14. The molecule has 0 radical (unpaired) electrons. The van der Waals surface area contributed by atoms with Gasteiger partial charge in [0.25, 0.3) is 0 Å². The molecule has 0 fully saturated rings. The summed E-state index contributed by atoms with van der Waals surface area (Å²) in [5, 5.41) is 8.89. The summed E-state index contributed by atoms with van der Waals surface area (Å²) in [6.45, 7) is 5.94. The van der Waals surface area contributed by atoms with Gasteiger partial charge in [0.1, 0.15) is 5.82 Å². The molecule has 0 aliphatic rings. The van der Waals surface area contributed by atoms with Crippen molar-refractivity contribution in [3.63, 3.8) is 0 Å². The van der Waals surface area contributed by atoms with Crippen molar-refractivity contribution in [1.82, 2.24) is 0 Å². The molecule has 13 heavy (non-hydrogen) atoms. The first-order valence-corrected chi connectivity index (χ1v) is 4.34. The zero-order chi connectivity index (χ0) is 10.1. The van der Waals surface area contributed by atoms with Crippen LogP contribution < -0.4 is 0 Å². The molecular formula is C11H15FO. The quantitative estimate of drug-likeness (QED) is 0.707. The molecule has 0 aliphatic heterocycles. The number of hydrogen-bond acceptors (Lipinski definition) is 1. The molecule has 0 unspecified atom stereocenters. The third-order valence-electron chi connectivity index (χ3n) is 2.01. The maximum Gasteiger partial charge on any atom is 0.123 e. The topological polar surface area (TPSA) is 20.2 Å². The van der Waals surface area contributed by atoms with Gasteiger partial charge in [-0.15, -0.1) is 0 Å². The number of aliphatic hydroxyl groups excluding tert-OH is 1. The summed E-state index contributed by atoms with van der Waals surface area (Å²) in [6, 6.07) is 4.71. The highest BCUT2D eigenvalue weighted by molar-refractivity contribution is 5.29. The molecule has 1 N–H and O–H groups in total. The van der Waals surface area contributed by atoms with E-state index < -0.39 is 0 Å². The Hall–Kier alpha value is -0.890. The highest BCUT2D eigenvalue weighted by Crippen LogP contribution is 2.24. The molecule has 0 spiro atoms. The fourth-order valence-corrected chi connectivity index (χ4v) is 1.17. The molecule has 0 heterocycles. The van der Waals surface area contributed by atoms with Crippen molar-refractivity contribution in [2.75, 3.05) is 0 Å². The molecule has 0 bridgehead atoms. The molecule has 2 heteroatoms. The highest BCUT2D eigenvalue weighted by atomic mass is 19.1. The standard InChI is InChI=1S/C11H15FO/c1-11(2,3)9-4-8(7-13)5-10(12)6-9/h4-6,13H,7H2,1-3H3. The lowest BCUT2D eigenvalue weighted by Crippen LogP contribution is -2.11. The van der Waals surface area contributed by atoms with Gasteiger partial charge < -0.3 is 5.11 Å². The van der Waals surface area contributed by atoms with E-state index in [1.165, 1.54) is 12.1 Å². The Bertz CT molecular complexity index is 299. The van der Waals surface area contributed by atoms with Gasteiger partial charge in [-0.3, -0.25) is 0 Å². The summed E-state index contributed by atoms with van der Waals surface area (Å²) < 4.78 is 13.0. The van der Waals surface area contributed by atoms with Gasteiger partial charge >= 0.3 is 0 Å². The third kappa shape index (κ3) is 2.52. The summed E-state index contributed by atoms with van der Waals surface area (Å²) >= 11 is 0. The molecule has 0 amide bonds. The molecule has 0 saturated carbocycles. The van der Waals surface area contributed by atoms with Gasteiger partial charge in [-0.1, -0.05) is 26.8 Å². The van der Waals surface area contributed by atoms with Gasteiger partial charge in [0, 0.05) is 0 Å². The predicted molar refractivity (Wildman–Crippen MR) is 51.0 cm³/mol. The molecule has 0 aliphatic carbocycles. The summed E-state index contributed by atoms with van der Waals surface area (Å²) in [7, 11) is 0. The van der Waals surface area contributed by atoms with Crippen molar-refractivity contribution < 1.29 is 9.50 Å². The molecule has 1 rings (SSSR count). The molecule has 1 nitrogen and oxygen atoms in total. The van der Waals surface area contributed by atoms with Crippen LogP contribution in [-0.2, 0) is 12.0 Å². The maximum absolute atomic E-state index is 13.0. The van der Waals surface area contributed by atoms with Gasteiger partial charge in [0.15, 0.2) is 0 Å². The van der Waals surface area contributed by atoms with Crippen LogP contribution in [0.1, 0.15) is 31.9 Å². The predicted octanol–water partition coefficient (Wildman–Crippen LogP) is 2.62. The van der Waals surface area contributed by atoms with Crippen molar-refractivity contribution in [3.05, 3.63) is 35.1 Å². The zero-order valence-electron chi connectivity index (χ0n) is 8.26. The molecule has 1 aromatic carbocycles. The Morgan fingerprint density at radius 3 is 2.31 bits per heavy atom. The van der Waals surface area contributed by atoms with Crippen molar-refractivity contribution in [2.24, 2.45) is 0 Å². The van der Waals surface area contributed by atoms with E-state index in [2.05, 4.69) is 0 Å². The van der Waals surface area contributed by atoms with Crippen LogP contribution in [0.2, 0.25) is 0 Å². The number of rotatable bonds is 1. The van der Waals surface area contributed by atoms with Crippen molar-refractivity contribution in [1.29, 1.82) is 0 Å². The van der Waals surface area contributed by atoms with Crippen LogP contribution in [0.4, 0.5) is 4.39 Å². The monoisotopic (exact) mass is 182 g/mol. The average Bonchev–Trinajstić information content (AvgIpc) is 2.01. The lowest BCUT2D eigenvalue weighted by molar-refractivity contribution is 0.281. The van der Waals surface area contributed by atoms with E-state index in [4.69, 9.17) is 5.11 Å². The molecule has 0 atom stereocenters. The van der Waals surface area contributed by atoms with Crippen LogP contribution in [0.5, 0.6) is 0 Å². The maximum atomic E-state index is 13.0. The van der Waals surface area contributed by atoms with E-state index in [-0.39, 0.29) is 17.8 Å². The lowest BCUT2D eigenvalue weighted by atomic mass is 9.86. The minimum Gasteiger partial charge on any atom is -0.392 e. The van der Waals surface area contributed by atoms with E-state index in [0.717, 1.165) is 5.56 Å². The van der Waals surface area contributed by atoms with E-state index in [9.17, 15) is 4.39 Å². The molecule has 0 saturated heterocycles. The van der Waals surface area contributed by atoms with Crippen molar-refractivity contribution in [2.45, 2.75) is 32.8 Å². The first kappa shape index (κ1) is 10.2. The molecule has 72 valence electrons. The number of aliphatic hydroxyl groups is 1. The summed E-state index contributed by atoms with van der Waals surface area (Å²) in [4.78, 5) is 0. The second kappa shape index (κ2) is 3.46. The van der Waals surface area contributed by atoms with Crippen LogP contribution in [-0.4, -0.2) is 5.11 Å². The Morgan fingerprint density at radius 2 is 1.85 bits per heavy atom. The molecule has 1 aromatic rings. The normalized spacial score (nSPS) is 11.8.